The average molecular weight is 250 g/mol. The zero-order valence-corrected chi connectivity index (χ0v) is 9.16. The van der Waals surface area contributed by atoms with Crippen LogP contribution in [0.4, 0.5) is 13.2 Å². The quantitative estimate of drug-likeness (QED) is 0.821. The zero-order valence-electron chi connectivity index (χ0n) is 9.16. The standard InChI is InChI=1S/C10H13F3N2O2/c1-17-9-7(3-2-4-15-9)5-14-6-8(16)10(11,12)13/h2-4,8,14,16H,5-6H2,1H3. The Hall–Kier alpha value is -1.34. The van der Waals surface area contributed by atoms with Gasteiger partial charge in [-0.05, 0) is 6.07 Å². The first kappa shape index (κ1) is 13.7. The number of hydrogen-bond donors (Lipinski definition) is 2. The van der Waals surface area contributed by atoms with Crippen molar-refractivity contribution >= 4 is 0 Å². The number of aliphatic hydroxyl groups excluding tert-OH is 1. The van der Waals surface area contributed by atoms with Crippen LogP contribution in [0.2, 0.25) is 0 Å². The van der Waals surface area contributed by atoms with E-state index in [9.17, 15) is 13.2 Å². The van der Waals surface area contributed by atoms with Crippen molar-refractivity contribution in [2.45, 2.75) is 18.8 Å². The smallest absolute Gasteiger partial charge is 0.415 e. The van der Waals surface area contributed by atoms with E-state index in [2.05, 4.69) is 10.3 Å². The van der Waals surface area contributed by atoms with Crippen molar-refractivity contribution in [3.63, 3.8) is 0 Å². The van der Waals surface area contributed by atoms with Gasteiger partial charge < -0.3 is 15.2 Å². The Morgan fingerprint density at radius 2 is 2.24 bits per heavy atom. The highest BCUT2D eigenvalue weighted by Crippen LogP contribution is 2.19. The molecule has 0 saturated heterocycles. The molecule has 7 heteroatoms. The van der Waals surface area contributed by atoms with Gasteiger partial charge in [-0.2, -0.15) is 13.2 Å². The van der Waals surface area contributed by atoms with Crippen LogP contribution in [0.25, 0.3) is 0 Å². The van der Waals surface area contributed by atoms with Gasteiger partial charge in [-0.1, -0.05) is 6.07 Å². The lowest BCUT2D eigenvalue weighted by atomic mass is 10.2. The Morgan fingerprint density at radius 3 is 2.82 bits per heavy atom. The van der Waals surface area contributed by atoms with Gasteiger partial charge in [-0.25, -0.2) is 4.98 Å². The first-order valence-electron chi connectivity index (χ1n) is 4.88. The maximum Gasteiger partial charge on any atom is 0.415 e. The molecule has 0 aliphatic heterocycles. The summed E-state index contributed by atoms with van der Waals surface area (Å²) in [5.74, 6) is 0.349. The van der Waals surface area contributed by atoms with Gasteiger partial charge in [-0.15, -0.1) is 0 Å². The summed E-state index contributed by atoms with van der Waals surface area (Å²) in [7, 11) is 1.43. The number of nitrogens with one attached hydrogen (secondary N) is 1. The van der Waals surface area contributed by atoms with Crippen molar-refractivity contribution < 1.29 is 23.0 Å². The molecule has 4 nitrogen and oxygen atoms in total. The van der Waals surface area contributed by atoms with Gasteiger partial charge in [0.15, 0.2) is 6.10 Å². The lowest BCUT2D eigenvalue weighted by Gasteiger charge is -2.15. The van der Waals surface area contributed by atoms with Crippen LogP contribution in [0.5, 0.6) is 5.88 Å². The third kappa shape index (κ3) is 4.20. The molecular weight excluding hydrogens is 237 g/mol. The minimum Gasteiger partial charge on any atom is -0.481 e. The molecule has 0 aliphatic carbocycles. The van der Waals surface area contributed by atoms with E-state index in [1.807, 2.05) is 0 Å². The minimum atomic E-state index is -4.61. The van der Waals surface area contributed by atoms with Gasteiger partial charge in [0.1, 0.15) is 0 Å². The fraction of sp³-hybridized carbons (Fsp3) is 0.500. The minimum absolute atomic E-state index is 0.143. The van der Waals surface area contributed by atoms with Crippen LogP contribution in [0.3, 0.4) is 0 Å². The molecule has 0 bridgehead atoms. The van der Waals surface area contributed by atoms with Crippen molar-refractivity contribution in [3.8, 4) is 5.88 Å². The normalized spacial score (nSPS) is 13.5. The molecule has 1 heterocycles. The molecule has 0 aromatic carbocycles. The van der Waals surface area contributed by atoms with Gasteiger partial charge in [0.25, 0.3) is 0 Å². The van der Waals surface area contributed by atoms with Crippen LogP contribution >= 0.6 is 0 Å². The topological polar surface area (TPSA) is 54.4 Å². The summed E-state index contributed by atoms with van der Waals surface area (Å²) in [5.41, 5.74) is 0.629. The van der Waals surface area contributed by atoms with Crippen molar-refractivity contribution in [1.82, 2.24) is 10.3 Å². The van der Waals surface area contributed by atoms with Crippen LogP contribution in [-0.2, 0) is 6.54 Å². The van der Waals surface area contributed by atoms with Crippen molar-refractivity contribution in [3.05, 3.63) is 23.9 Å². The van der Waals surface area contributed by atoms with Crippen LogP contribution in [0, 0.1) is 0 Å². The number of aromatic nitrogens is 1. The van der Waals surface area contributed by atoms with Gasteiger partial charge in [0.05, 0.1) is 7.11 Å². The molecule has 1 atom stereocenters. The van der Waals surface area contributed by atoms with E-state index in [1.54, 1.807) is 12.1 Å². The van der Waals surface area contributed by atoms with Gasteiger partial charge in [-0.3, -0.25) is 0 Å². The number of nitrogens with zero attached hydrogens (tertiary/aromatic N) is 1. The molecule has 96 valence electrons. The van der Waals surface area contributed by atoms with Gasteiger partial charge in [0.2, 0.25) is 5.88 Å². The Labute approximate surface area is 96.4 Å². The highest BCUT2D eigenvalue weighted by atomic mass is 19.4. The molecule has 0 radical (unpaired) electrons. The molecule has 17 heavy (non-hydrogen) atoms. The maximum absolute atomic E-state index is 12.0. The van der Waals surface area contributed by atoms with Crippen molar-refractivity contribution in [2.24, 2.45) is 0 Å². The largest absolute Gasteiger partial charge is 0.481 e. The fourth-order valence-electron chi connectivity index (χ4n) is 1.20. The molecule has 0 aliphatic rings. The first-order chi connectivity index (χ1) is 7.95. The third-order valence-electron chi connectivity index (χ3n) is 2.07. The zero-order chi connectivity index (χ0) is 12.9. The van der Waals surface area contributed by atoms with Gasteiger partial charge >= 0.3 is 6.18 Å². The number of rotatable bonds is 5. The predicted molar refractivity (Wildman–Crippen MR) is 54.6 cm³/mol. The van der Waals surface area contributed by atoms with E-state index >= 15 is 0 Å². The summed E-state index contributed by atoms with van der Waals surface area (Å²) in [4.78, 5) is 3.90. The van der Waals surface area contributed by atoms with Gasteiger partial charge in [0, 0.05) is 24.8 Å². The Morgan fingerprint density at radius 1 is 1.53 bits per heavy atom. The Bertz CT molecular complexity index is 358. The number of methoxy groups -OCH3 is 1. The summed E-state index contributed by atoms with van der Waals surface area (Å²) in [6.07, 6.45) is -5.45. The van der Waals surface area contributed by atoms with Crippen LogP contribution in [0.15, 0.2) is 18.3 Å². The van der Waals surface area contributed by atoms with E-state index < -0.39 is 18.8 Å². The predicted octanol–water partition coefficient (Wildman–Crippen LogP) is 1.10. The van der Waals surface area contributed by atoms with E-state index in [-0.39, 0.29) is 6.54 Å². The second-order valence-electron chi connectivity index (χ2n) is 3.36. The number of aliphatic hydroxyl groups is 1. The fourth-order valence-corrected chi connectivity index (χ4v) is 1.20. The van der Waals surface area contributed by atoms with Crippen LogP contribution < -0.4 is 10.1 Å². The monoisotopic (exact) mass is 250 g/mol. The Kier molecular flexibility index (Phi) is 4.71. The molecule has 0 amide bonds. The number of alkyl halides is 3. The summed E-state index contributed by atoms with van der Waals surface area (Å²) >= 11 is 0. The number of ether oxygens (including phenoxy) is 1. The Balaban J connectivity index is 2.46. The summed E-state index contributed by atoms with van der Waals surface area (Å²) in [5, 5.41) is 11.2. The molecule has 1 unspecified atom stereocenters. The summed E-state index contributed by atoms with van der Waals surface area (Å²) in [6, 6.07) is 3.33. The second kappa shape index (κ2) is 5.83. The number of hydrogen-bond acceptors (Lipinski definition) is 4. The molecule has 2 N–H and O–H groups in total. The molecule has 1 aromatic heterocycles. The summed E-state index contributed by atoms with van der Waals surface area (Å²) < 4.78 is 40.9. The van der Waals surface area contributed by atoms with Crippen molar-refractivity contribution in [2.75, 3.05) is 13.7 Å². The molecule has 1 aromatic rings. The number of halogens is 3. The molecular formula is C10H13F3N2O2. The summed E-state index contributed by atoms with van der Waals surface area (Å²) in [6.45, 7) is -0.425. The van der Waals surface area contributed by atoms with Crippen molar-refractivity contribution in [1.29, 1.82) is 0 Å². The highest BCUT2D eigenvalue weighted by molar-refractivity contribution is 5.24. The van der Waals surface area contributed by atoms with Crippen LogP contribution in [0.1, 0.15) is 5.56 Å². The SMILES string of the molecule is COc1ncccc1CNCC(O)C(F)(F)F. The van der Waals surface area contributed by atoms with E-state index in [0.29, 0.717) is 11.4 Å². The van der Waals surface area contributed by atoms with E-state index in [0.717, 1.165) is 0 Å². The third-order valence-corrected chi connectivity index (χ3v) is 2.07. The maximum atomic E-state index is 12.0. The van der Waals surface area contributed by atoms with Crippen LogP contribution in [-0.4, -0.2) is 36.0 Å². The highest BCUT2D eigenvalue weighted by Gasteiger charge is 2.37. The first-order valence-corrected chi connectivity index (χ1v) is 4.88. The second-order valence-corrected chi connectivity index (χ2v) is 3.36. The average Bonchev–Trinajstić information content (AvgIpc) is 2.28. The van der Waals surface area contributed by atoms with E-state index in [1.165, 1.54) is 13.3 Å². The molecule has 1 rings (SSSR count). The molecule has 0 saturated carbocycles. The molecule has 0 spiro atoms. The lowest BCUT2D eigenvalue weighted by molar-refractivity contribution is -0.201. The number of pyridine rings is 1. The van der Waals surface area contributed by atoms with E-state index in [4.69, 9.17) is 9.84 Å². The lowest BCUT2D eigenvalue weighted by Crippen LogP contribution is -2.38. The molecule has 0 fully saturated rings.